The van der Waals surface area contributed by atoms with Crippen molar-refractivity contribution in [2.24, 2.45) is 0 Å². The highest BCUT2D eigenvalue weighted by atomic mass is 19.4. The number of rotatable bonds is 10. The van der Waals surface area contributed by atoms with Gasteiger partial charge < -0.3 is 18.9 Å². The molecule has 0 aliphatic rings. The van der Waals surface area contributed by atoms with Crippen molar-refractivity contribution < 1.29 is 77.6 Å². The summed E-state index contributed by atoms with van der Waals surface area (Å²) in [5.41, 5.74) is -4.07. The first-order valence-electron chi connectivity index (χ1n) is 8.23. The molecule has 0 radical (unpaired) electrons. The highest BCUT2D eigenvalue weighted by Crippen LogP contribution is 2.29. The number of ether oxygens (including phenoxy) is 4. The minimum atomic E-state index is -5.20. The zero-order valence-electron chi connectivity index (χ0n) is 16.4. The van der Waals surface area contributed by atoms with Gasteiger partial charge in [0.25, 0.3) is 0 Å². The van der Waals surface area contributed by atoms with Crippen LogP contribution in [-0.4, -0.2) is 67.8 Å². The van der Waals surface area contributed by atoms with Crippen LogP contribution in [0.5, 0.6) is 0 Å². The molecule has 0 unspecified atom stereocenters. The summed E-state index contributed by atoms with van der Waals surface area (Å²) in [5, 5.41) is 0. The molecular weight excluding hydrogens is 491 g/mol. The van der Waals surface area contributed by atoms with E-state index in [1.165, 1.54) is 0 Å². The van der Waals surface area contributed by atoms with Gasteiger partial charge in [0.15, 0.2) is 19.8 Å². The van der Waals surface area contributed by atoms with Gasteiger partial charge in [-0.1, -0.05) is 6.58 Å². The number of esters is 4. The Kier molecular flexibility index (Phi) is 10.2. The minimum absolute atomic E-state index is 0.588. The van der Waals surface area contributed by atoms with E-state index < -0.39 is 86.2 Å². The molecule has 0 aliphatic heterocycles. The Balaban J connectivity index is 6.07. The van der Waals surface area contributed by atoms with Gasteiger partial charge in [0.2, 0.25) is 5.60 Å². The van der Waals surface area contributed by atoms with Crippen molar-refractivity contribution in [3.8, 4) is 0 Å². The maximum atomic E-state index is 12.4. The summed E-state index contributed by atoms with van der Waals surface area (Å²) in [6, 6.07) is 0. The molecule has 190 valence electrons. The standard InChI is InChI=1S/C16H15F9O8/c1-8(2)11(28)33-13(12(29)32-7-16(23,24)25,3-9(26)30-5-14(17,18)19)4-10(27)31-6-15(20,21)22/h1,3-7H2,2H3. The van der Waals surface area contributed by atoms with Gasteiger partial charge in [0, 0.05) is 5.57 Å². The van der Waals surface area contributed by atoms with E-state index in [1.807, 2.05) is 0 Å². The first-order chi connectivity index (χ1) is 14.7. The first-order valence-corrected chi connectivity index (χ1v) is 8.23. The Morgan fingerprint density at radius 3 is 1.30 bits per heavy atom. The average molecular weight is 506 g/mol. The fourth-order valence-electron chi connectivity index (χ4n) is 1.76. The summed E-state index contributed by atoms with van der Waals surface area (Å²) in [5.74, 6) is -8.03. The van der Waals surface area contributed by atoms with Gasteiger partial charge in [-0.3, -0.25) is 9.59 Å². The lowest BCUT2D eigenvalue weighted by atomic mass is 9.94. The van der Waals surface area contributed by atoms with Crippen molar-refractivity contribution in [2.75, 3.05) is 19.8 Å². The van der Waals surface area contributed by atoms with E-state index in [0.29, 0.717) is 0 Å². The zero-order valence-corrected chi connectivity index (χ0v) is 16.4. The van der Waals surface area contributed by atoms with Crippen LogP contribution < -0.4 is 0 Å². The van der Waals surface area contributed by atoms with Crippen LogP contribution in [0, 0.1) is 0 Å². The van der Waals surface area contributed by atoms with Crippen LogP contribution in [-0.2, 0) is 38.1 Å². The van der Waals surface area contributed by atoms with E-state index >= 15 is 0 Å². The number of hydrogen-bond donors (Lipinski definition) is 0. The molecule has 0 aromatic carbocycles. The SMILES string of the molecule is C=C(C)C(=O)OC(CC(=O)OCC(F)(F)F)(CC(=O)OCC(F)(F)F)C(=O)OCC(F)(F)F. The summed E-state index contributed by atoms with van der Waals surface area (Å²) in [4.78, 5) is 47.6. The smallest absolute Gasteiger partial charge is 0.422 e. The van der Waals surface area contributed by atoms with E-state index in [1.54, 1.807) is 0 Å². The predicted molar refractivity (Wildman–Crippen MR) is 83.9 cm³/mol. The lowest BCUT2D eigenvalue weighted by Gasteiger charge is -2.30. The van der Waals surface area contributed by atoms with E-state index in [2.05, 4.69) is 25.5 Å². The third-order valence-corrected chi connectivity index (χ3v) is 3.03. The molecule has 0 aliphatic carbocycles. The summed E-state index contributed by atoms with van der Waals surface area (Å²) < 4.78 is 126. The average Bonchev–Trinajstić information content (AvgIpc) is 2.60. The van der Waals surface area contributed by atoms with Crippen molar-refractivity contribution in [1.82, 2.24) is 0 Å². The highest BCUT2D eigenvalue weighted by molar-refractivity contribution is 5.95. The maximum absolute atomic E-state index is 12.4. The largest absolute Gasteiger partial charge is 0.456 e. The number of carbonyl (C=O) groups excluding carboxylic acids is 4. The molecular formula is C16H15F9O8. The number of halogens is 9. The zero-order chi connectivity index (χ0) is 26.3. The Bertz CT molecular complexity index is 721. The van der Waals surface area contributed by atoms with Crippen molar-refractivity contribution >= 4 is 23.9 Å². The molecule has 0 rings (SSSR count). The van der Waals surface area contributed by atoms with Crippen molar-refractivity contribution in [3.05, 3.63) is 12.2 Å². The van der Waals surface area contributed by atoms with Gasteiger partial charge in [-0.15, -0.1) is 0 Å². The molecule has 0 saturated heterocycles. The van der Waals surface area contributed by atoms with Crippen molar-refractivity contribution in [3.63, 3.8) is 0 Å². The van der Waals surface area contributed by atoms with E-state index in [-0.39, 0.29) is 0 Å². The van der Waals surface area contributed by atoms with Gasteiger partial charge in [-0.05, 0) is 6.92 Å². The summed E-state index contributed by atoms with van der Waals surface area (Å²) in [6.45, 7) is -2.94. The molecule has 0 spiro atoms. The maximum Gasteiger partial charge on any atom is 0.422 e. The summed E-state index contributed by atoms with van der Waals surface area (Å²) in [7, 11) is 0. The Hall–Kier alpha value is -3.01. The van der Waals surface area contributed by atoms with Crippen LogP contribution in [0.4, 0.5) is 39.5 Å². The molecule has 0 aromatic rings. The molecule has 8 nitrogen and oxygen atoms in total. The van der Waals surface area contributed by atoms with Gasteiger partial charge in [0.1, 0.15) is 0 Å². The summed E-state index contributed by atoms with van der Waals surface area (Å²) >= 11 is 0. The molecule has 0 aromatic heterocycles. The Morgan fingerprint density at radius 2 is 1.00 bits per heavy atom. The molecule has 0 atom stereocenters. The quantitative estimate of drug-likeness (QED) is 0.193. The van der Waals surface area contributed by atoms with Gasteiger partial charge in [0.05, 0.1) is 12.8 Å². The number of alkyl halides is 9. The van der Waals surface area contributed by atoms with Crippen LogP contribution in [0.2, 0.25) is 0 Å². The topological polar surface area (TPSA) is 105 Å². The molecule has 0 amide bonds. The Labute approximate surface area is 178 Å². The molecule has 0 fully saturated rings. The minimum Gasteiger partial charge on any atom is -0.456 e. The van der Waals surface area contributed by atoms with Gasteiger partial charge in [-0.25, -0.2) is 9.59 Å². The third kappa shape index (κ3) is 13.2. The van der Waals surface area contributed by atoms with Gasteiger partial charge in [-0.2, -0.15) is 39.5 Å². The van der Waals surface area contributed by atoms with E-state index in [4.69, 9.17) is 0 Å². The lowest BCUT2D eigenvalue weighted by molar-refractivity contribution is -0.212. The highest BCUT2D eigenvalue weighted by Gasteiger charge is 2.51. The van der Waals surface area contributed by atoms with Crippen LogP contribution in [0.3, 0.4) is 0 Å². The molecule has 17 heteroatoms. The Morgan fingerprint density at radius 1 is 0.667 bits per heavy atom. The first kappa shape index (κ1) is 30.0. The van der Waals surface area contributed by atoms with E-state index in [9.17, 15) is 58.7 Å². The van der Waals surface area contributed by atoms with Crippen molar-refractivity contribution in [2.45, 2.75) is 43.9 Å². The third-order valence-electron chi connectivity index (χ3n) is 3.03. The summed E-state index contributed by atoms with van der Waals surface area (Å²) in [6.07, 6.45) is -19.1. The number of hydrogen-bond acceptors (Lipinski definition) is 8. The van der Waals surface area contributed by atoms with Crippen molar-refractivity contribution in [1.29, 1.82) is 0 Å². The molecule has 0 N–H and O–H groups in total. The second-order valence-electron chi connectivity index (χ2n) is 6.26. The molecule has 0 bridgehead atoms. The number of carbonyl (C=O) groups is 4. The van der Waals surface area contributed by atoms with Gasteiger partial charge >= 0.3 is 42.4 Å². The van der Waals surface area contributed by atoms with Crippen LogP contribution in [0.25, 0.3) is 0 Å². The monoisotopic (exact) mass is 506 g/mol. The predicted octanol–water partition coefficient (Wildman–Crippen LogP) is 2.94. The normalized spacial score (nSPS) is 12.5. The van der Waals surface area contributed by atoms with Crippen LogP contribution in [0.15, 0.2) is 12.2 Å². The molecule has 0 heterocycles. The van der Waals surface area contributed by atoms with Crippen LogP contribution in [0.1, 0.15) is 19.8 Å². The molecule has 0 saturated carbocycles. The molecule has 33 heavy (non-hydrogen) atoms. The van der Waals surface area contributed by atoms with Crippen LogP contribution >= 0.6 is 0 Å². The fraction of sp³-hybridized carbons (Fsp3) is 0.625. The second-order valence-corrected chi connectivity index (χ2v) is 6.26. The lowest BCUT2D eigenvalue weighted by Crippen LogP contribution is -2.49. The fourth-order valence-corrected chi connectivity index (χ4v) is 1.76. The second kappa shape index (κ2) is 11.2. The van der Waals surface area contributed by atoms with E-state index in [0.717, 1.165) is 6.92 Å².